The average molecular weight is 389 g/mol. The molecule has 1 amide bonds. The monoisotopic (exact) mass is 389 g/mol. The lowest BCUT2D eigenvalue weighted by atomic mass is 10.4. The summed E-state index contributed by atoms with van der Waals surface area (Å²) < 4.78 is 5.90. The van der Waals surface area contributed by atoms with Gasteiger partial charge in [-0.3, -0.25) is 18.7 Å². The first-order valence-electron chi connectivity index (χ1n) is 8.45. The molecular formula is C16H19N7O3S. The number of rotatable bonds is 4. The van der Waals surface area contributed by atoms with Crippen molar-refractivity contribution < 1.29 is 4.79 Å². The molecule has 3 aromatic heterocycles. The normalized spacial score (nSPS) is 17.1. The van der Waals surface area contributed by atoms with Crippen molar-refractivity contribution in [3.05, 3.63) is 45.9 Å². The molecule has 0 spiro atoms. The van der Waals surface area contributed by atoms with E-state index in [1.165, 1.54) is 11.6 Å². The summed E-state index contributed by atoms with van der Waals surface area (Å²) in [5.41, 5.74) is -0.0773. The van der Waals surface area contributed by atoms with Crippen LogP contribution in [0.2, 0.25) is 0 Å². The van der Waals surface area contributed by atoms with Gasteiger partial charge in [0, 0.05) is 38.8 Å². The second kappa shape index (κ2) is 6.72. The van der Waals surface area contributed by atoms with Gasteiger partial charge in [0.15, 0.2) is 11.2 Å². The van der Waals surface area contributed by atoms with Crippen molar-refractivity contribution in [2.75, 3.05) is 12.3 Å². The zero-order valence-electron chi connectivity index (χ0n) is 15.0. The van der Waals surface area contributed by atoms with Gasteiger partial charge in [-0.15, -0.1) is 11.8 Å². The molecule has 27 heavy (non-hydrogen) atoms. The summed E-state index contributed by atoms with van der Waals surface area (Å²) in [5, 5.41) is -0.0969. The fourth-order valence-corrected chi connectivity index (χ4v) is 4.53. The zero-order valence-corrected chi connectivity index (χ0v) is 15.8. The minimum Gasteiger partial charge on any atom is -0.328 e. The third-order valence-electron chi connectivity index (χ3n) is 4.76. The van der Waals surface area contributed by atoms with Crippen LogP contribution in [-0.4, -0.2) is 56.7 Å². The van der Waals surface area contributed by atoms with Crippen LogP contribution in [0.5, 0.6) is 0 Å². The number of nitrogens with zero attached hydrogens (tertiary/aromatic N) is 7. The SMILES string of the molecule is Cn1c(=O)c2c(ncn2CC2SCCN2C(=O)Cn2ccnc2)n(C)c1=O. The van der Waals surface area contributed by atoms with Crippen molar-refractivity contribution in [1.82, 2.24) is 33.1 Å². The molecule has 10 nitrogen and oxygen atoms in total. The maximum Gasteiger partial charge on any atom is 0.332 e. The highest BCUT2D eigenvalue weighted by atomic mass is 32.2. The van der Waals surface area contributed by atoms with Gasteiger partial charge in [-0.2, -0.15) is 0 Å². The number of thioether (sulfide) groups is 1. The van der Waals surface area contributed by atoms with E-state index in [4.69, 9.17) is 0 Å². The maximum atomic E-state index is 12.7. The van der Waals surface area contributed by atoms with Crippen LogP contribution >= 0.6 is 11.8 Å². The predicted octanol–water partition coefficient (Wildman–Crippen LogP) is -0.768. The Labute approximate surface area is 158 Å². The van der Waals surface area contributed by atoms with E-state index in [2.05, 4.69) is 9.97 Å². The molecule has 1 aliphatic rings. The van der Waals surface area contributed by atoms with Crippen LogP contribution in [0.1, 0.15) is 0 Å². The van der Waals surface area contributed by atoms with E-state index in [1.54, 1.807) is 53.0 Å². The van der Waals surface area contributed by atoms with Gasteiger partial charge in [0.25, 0.3) is 5.56 Å². The summed E-state index contributed by atoms with van der Waals surface area (Å²) in [6.45, 7) is 1.33. The maximum absolute atomic E-state index is 12.7. The smallest absolute Gasteiger partial charge is 0.328 e. The molecule has 1 atom stereocenters. The van der Waals surface area contributed by atoms with Crippen molar-refractivity contribution in [2.24, 2.45) is 14.1 Å². The Bertz CT molecular complexity index is 1110. The van der Waals surface area contributed by atoms with Crippen LogP contribution in [0.4, 0.5) is 0 Å². The van der Waals surface area contributed by atoms with Crippen LogP contribution in [-0.2, 0) is 32.0 Å². The number of imidazole rings is 2. The van der Waals surface area contributed by atoms with Crippen LogP contribution in [0.15, 0.2) is 34.6 Å². The lowest BCUT2D eigenvalue weighted by Crippen LogP contribution is -2.40. The molecule has 142 valence electrons. The first kappa shape index (κ1) is 17.6. The molecule has 3 aromatic rings. The predicted molar refractivity (Wildman–Crippen MR) is 100 cm³/mol. The number of aryl methyl sites for hydroxylation is 1. The van der Waals surface area contributed by atoms with Gasteiger partial charge in [0.2, 0.25) is 5.91 Å². The molecule has 0 aliphatic carbocycles. The molecule has 1 saturated heterocycles. The molecular weight excluding hydrogens is 370 g/mol. The topological polar surface area (TPSA) is 99.9 Å². The van der Waals surface area contributed by atoms with Crippen LogP contribution in [0, 0.1) is 0 Å². The quantitative estimate of drug-likeness (QED) is 0.581. The van der Waals surface area contributed by atoms with Gasteiger partial charge in [-0.1, -0.05) is 0 Å². The molecule has 0 aromatic carbocycles. The van der Waals surface area contributed by atoms with Crippen molar-refractivity contribution in [3.8, 4) is 0 Å². The van der Waals surface area contributed by atoms with Gasteiger partial charge in [0.1, 0.15) is 6.54 Å². The molecule has 4 rings (SSSR count). The highest BCUT2D eigenvalue weighted by Crippen LogP contribution is 2.26. The van der Waals surface area contributed by atoms with Crippen molar-refractivity contribution in [3.63, 3.8) is 0 Å². The summed E-state index contributed by atoms with van der Waals surface area (Å²) in [7, 11) is 3.04. The second-order valence-corrected chi connectivity index (χ2v) is 7.71. The Hall–Kier alpha value is -2.82. The van der Waals surface area contributed by atoms with Crippen molar-refractivity contribution in [1.29, 1.82) is 0 Å². The summed E-state index contributed by atoms with van der Waals surface area (Å²) in [4.78, 5) is 47.3. The van der Waals surface area contributed by atoms with E-state index >= 15 is 0 Å². The van der Waals surface area contributed by atoms with Gasteiger partial charge in [0.05, 0.1) is 24.6 Å². The minimum atomic E-state index is -0.412. The van der Waals surface area contributed by atoms with Crippen LogP contribution in [0.3, 0.4) is 0 Å². The third-order valence-corrected chi connectivity index (χ3v) is 5.96. The number of hydrogen-bond acceptors (Lipinski definition) is 6. The number of amides is 1. The largest absolute Gasteiger partial charge is 0.332 e. The Morgan fingerprint density at radius 2 is 2.07 bits per heavy atom. The Kier molecular flexibility index (Phi) is 4.38. The van der Waals surface area contributed by atoms with Gasteiger partial charge < -0.3 is 14.0 Å². The van der Waals surface area contributed by atoms with Crippen molar-refractivity contribution >= 4 is 28.8 Å². The number of carbonyl (C=O) groups excluding carboxylic acids is 1. The summed E-state index contributed by atoms with van der Waals surface area (Å²) in [6, 6.07) is 0. The van der Waals surface area contributed by atoms with Gasteiger partial charge in [-0.05, 0) is 0 Å². The Morgan fingerprint density at radius 3 is 2.81 bits per heavy atom. The molecule has 1 unspecified atom stereocenters. The summed E-state index contributed by atoms with van der Waals surface area (Å²) in [6.07, 6.45) is 6.57. The zero-order chi connectivity index (χ0) is 19.1. The fourth-order valence-electron chi connectivity index (χ4n) is 3.29. The number of fused-ring (bicyclic) bond motifs is 1. The molecule has 1 fully saturated rings. The number of hydrogen-bond donors (Lipinski definition) is 0. The van der Waals surface area contributed by atoms with Crippen LogP contribution in [0.25, 0.3) is 11.2 Å². The summed E-state index contributed by atoms with van der Waals surface area (Å²) in [5.74, 6) is 0.844. The highest BCUT2D eigenvalue weighted by molar-refractivity contribution is 8.00. The lowest BCUT2D eigenvalue weighted by Gasteiger charge is -2.24. The van der Waals surface area contributed by atoms with Crippen LogP contribution < -0.4 is 11.2 Å². The first-order valence-corrected chi connectivity index (χ1v) is 9.50. The second-order valence-electron chi connectivity index (χ2n) is 6.42. The molecule has 0 saturated carbocycles. The molecule has 0 N–H and O–H groups in total. The number of aromatic nitrogens is 6. The van der Waals surface area contributed by atoms with Crippen molar-refractivity contribution in [2.45, 2.75) is 18.5 Å². The van der Waals surface area contributed by atoms with E-state index in [-0.39, 0.29) is 23.4 Å². The third kappa shape index (κ3) is 2.97. The number of carbonyl (C=O) groups is 1. The Morgan fingerprint density at radius 1 is 1.26 bits per heavy atom. The van der Waals surface area contributed by atoms with E-state index in [9.17, 15) is 14.4 Å². The lowest BCUT2D eigenvalue weighted by molar-refractivity contribution is -0.132. The first-order chi connectivity index (χ1) is 13.0. The molecule has 1 aliphatic heterocycles. The molecule has 4 heterocycles. The van der Waals surface area contributed by atoms with Gasteiger partial charge in [-0.25, -0.2) is 14.8 Å². The Balaban J connectivity index is 1.63. The molecule has 11 heteroatoms. The fraction of sp³-hybridized carbons (Fsp3) is 0.438. The standard InChI is InChI=1S/C16H19N7O3S/c1-19-14-13(15(25)20(2)16(19)26)22(10-18-14)8-12-23(5-6-27-12)11(24)7-21-4-3-17-9-21/h3-4,9-10,12H,5-8H2,1-2H3. The molecule has 0 radical (unpaired) electrons. The highest BCUT2D eigenvalue weighted by Gasteiger charge is 2.30. The van der Waals surface area contributed by atoms with E-state index < -0.39 is 5.69 Å². The molecule has 0 bridgehead atoms. The van der Waals surface area contributed by atoms with E-state index in [1.807, 2.05) is 4.90 Å². The van der Waals surface area contributed by atoms with Gasteiger partial charge >= 0.3 is 5.69 Å². The summed E-state index contributed by atoms with van der Waals surface area (Å²) >= 11 is 1.67. The minimum absolute atomic E-state index is 0.00715. The average Bonchev–Trinajstić information content (AvgIpc) is 3.39. The van der Waals surface area contributed by atoms with E-state index in [0.29, 0.717) is 24.3 Å². The van der Waals surface area contributed by atoms with E-state index in [0.717, 1.165) is 10.3 Å².